The van der Waals surface area contributed by atoms with Crippen molar-refractivity contribution in [3.63, 3.8) is 0 Å². The van der Waals surface area contributed by atoms with Gasteiger partial charge in [-0.1, -0.05) is 47.6 Å². The fourth-order valence-corrected chi connectivity index (χ4v) is 4.74. The first-order valence-corrected chi connectivity index (χ1v) is 10.8. The molecule has 1 unspecified atom stereocenters. The lowest BCUT2D eigenvalue weighted by Gasteiger charge is -2.11. The Labute approximate surface area is 178 Å². The van der Waals surface area contributed by atoms with E-state index in [1.165, 1.54) is 17.8 Å². The number of fused-ring (bicyclic) bond motifs is 1. The van der Waals surface area contributed by atoms with Crippen LogP contribution >= 0.6 is 23.4 Å². The van der Waals surface area contributed by atoms with Crippen LogP contribution in [0.25, 0.3) is 11.0 Å². The standard InChI is InChI=1S/C21H14ClNO4S2/c22-15-8-9-19(28-16-6-3-5-14(10-16)21(24)25)17(12-15)23-29(26)20-11-13-4-1-2-7-18(13)27-20/h1-12,23H,(H,24,25). The second-order valence-electron chi connectivity index (χ2n) is 6.05. The fourth-order valence-electron chi connectivity index (χ4n) is 2.69. The van der Waals surface area contributed by atoms with E-state index in [0.29, 0.717) is 21.4 Å². The molecule has 0 bridgehead atoms. The zero-order valence-corrected chi connectivity index (χ0v) is 17.2. The molecule has 0 aliphatic rings. The average molecular weight is 444 g/mol. The van der Waals surface area contributed by atoms with E-state index in [4.69, 9.17) is 16.0 Å². The molecule has 0 spiro atoms. The Morgan fingerprint density at radius 3 is 2.66 bits per heavy atom. The number of benzene rings is 3. The Bertz CT molecular complexity index is 1210. The minimum Gasteiger partial charge on any atom is -0.478 e. The lowest BCUT2D eigenvalue weighted by molar-refractivity contribution is 0.0696. The Balaban J connectivity index is 1.62. The molecule has 1 atom stereocenters. The Morgan fingerprint density at radius 2 is 1.86 bits per heavy atom. The van der Waals surface area contributed by atoms with Crippen LogP contribution in [0.4, 0.5) is 5.69 Å². The number of hydrogen-bond donors (Lipinski definition) is 2. The average Bonchev–Trinajstić information content (AvgIpc) is 3.15. The first kappa shape index (κ1) is 19.6. The molecule has 0 aliphatic carbocycles. The van der Waals surface area contributed by atoms with Crippen molar-refractivity contribution >= 4 is 57.0 Å². The van der Waals surface area contributed by atoms with Gasteiger partial charge in [0, 0.05) is 26.3 Å². The van der Waals surface area contributed by atoms with Crippen LogP contribution in [-0.2, 0) is 11.0 Å². The molecular formula is C21H14ClNO4S2. The topological polar surface area (TPSA) is 79.5 Å². The van der Waals surface area contributed by atoms with Gasteiger partial charge in [0.2, 0.25) is 5.09 Å². The maximum Gasteiger partial charge on any atom is 0.335 e. The molecule has 0 saturated heterocycles. The number of carbonyl (C=O) groups is 1. The third-order valence-electron chi connectivity index (χ3n) is 4.04. The van der Waals surface area contributed by atoms with E-state index < -0.39 is 17.0 Å². The van der Waals surface area contributed by atoms with Crippen LogP contribution in [0.5, 0.6) is 0 Å². The van der Waals surface area contributed by atoms with Crippen molar-refractivity contribution in [2.75, 3.05) is 4.72 Å². The maximum atomic E-state index is 12.8. The van der Waals surface area contributed by atoms with Crippen molar-refractivity contribution in [1.29, 1.82) is 0 Å². The number of furan rings is 1. The third kappa shape index (κ3) is 4.48. The molecule has 5 nitrogen and oxygen atoms in total. The molecule has 0 aliphatic heterocycles. The number of carboxylic acids is 1. The van der Waals surface area contributed by atoms with E-state index in [0.717, 1.165) is 15.2 Å². The van der Waals surface area contributed by atoms with Gasteiger partial charge in [-0.05, 0) is 42.5 Å². The van der Waals surface area contributed by atoms with Gasteiger partial charge in [0.05, 0.1) is 11.3 Å². The van der Waals surface area contributed by atoms with Crippen LogP contribution < -0.4 is 4.72 Å². The number of hydrogen-bond acceptors (Lipinski definition) is 4. The molecule has 0 amide bonds. The highest BCUT2D eigenvalue weighted by Crippen LogP contribution is 2.36. The van der Waals surface area contributed by atoms with Crippen molar-refractivity contribution < 1.29 is 18.5 Å². The highest BCUT2D eigenvalue weighted by Gasteiger charge is 2.14. The number of nitrogens with one attached hydrogen (secondary N) is 1. The predicted octanol–water partition coefficient (Wildman–Crippen LogP) is 6.07. The summed E-state index contributed by atoms with van der Waals surface area (Å²) >= 11 is 7.48. The Kier molecular flexibility index (Phi) is 5.62. The lowest BCUT2D eigenvalue weighted by atomic mass is 10.2. The third-order valence-corrected chi connectivity index (χ3v) is 6.31. The molecule has 0 fully saturated rings. The van der Waals surface area contributed by atoms with Crippen molar-refractivity contribution in [2.45, 2.75) is 14.9 Å². The SMILES string of the molecule is O=C(O)c1cccc(Sc2ccc(Cl)cc2NS(=O)c2cc3ccccc3o2)c1. The van der Waals surface area contributed by atoms with E-state index >= 15 is 0 Å². The maximum absolute atomic E-state index is 12.8. The van der Waals surface area contributed by atoms with Crippen LogP contribution in [0.3, 0.4) is 0 Å². The molecule has 1 aromatic heterocycles. The summed E-state index contributed by atoms with van der Waals surface area (Å²) in [6.45, 7) is 0. The molecule has 0 radical (unpaired) electrons. The lowest BCUT2D eigenvalue weighted by Crippen LogP contribution is -2.04. The number of anilines is 1. The molecule has 4 rings (SSSR count). The second-order valence-corrected chi connectivity index (χ2v) is 8.75. The van der Waals surface area contributed by atoms with Gasteiger partial charge in [-0.2, -0.15) is 0 Å². The molecule has 0 saturated carbocycles. The Hall–Kier alpha value is -2.74. The summed E-state index contributed by atoms with van der Waals surface area (Å²) < 4.78 is 21.4. The quantitative estimate of drug-likeness (QED) is 0.378. The molecule has 2 N–H and O–H groups in total. The first-order valence-electron chi connectivity index (χ1n) is 8.47. The summed E-state index contributed by atoms with van der Waals surface area (Å²) in [6.07, 6.45) is 0. The number of halogens is 1. The van der Waals surface area contributed by atoms with Gasteiger partial charge in [-0.3, -0.25) is 4.72 Å². The second kappa shape index (κ2) is 8.32. The van der Waals surface area contributed by atoms with E-state index in [-0.39, 0.29) is 5.56 Å². The smallest absolute Gasteiger partial charge is 0.335 e. The molecule has 3 aromatic carbocycles. The van der Waals surface area contributed by atoms with Gasteiger partial charge in [0.1, 0.15) is 5.58 Å². The summed E-state index contributed by atoms with van der Waals surface area (Å²) in [6, 6.07) is 21.0. The molecule has 146 valence electrons. The zero-order chi connectivity index (χ0) is 20.4. The minimum absolute atomic E-state index is 0.198. The molecule has 1 heterocycles. The van der Waals surface area contributed by atoms with Crippen LogP contribution in [0.15, 0.2) is 92.1 Å². The van der Waals surface area contributed by atoms with Crippen LogP contribution in [0, 0.1) is 0 Å². The summed E-state index contributed by atoms with van der Waals surface area (Å²) in [5.41, 5.74) is 1.41. The van der Waals surface area contributed by atoms with Crippen molar-refractivity contribution in [3.8, 4) is 0 Å². The van der Waals surface area contributed by atoms with Gasteiger partial charge in [-0.15, -0.1) is 0 Å². The van der Waals surface area contributed by atoms with Crippen molar-refractivity contribution in [1.82, 2.24) is 0 Å². The zero-order valence-electron chi connectivity index (χ0n) is 14.8. The fraction of sp³-hybridized carbons (Fsp3) is 0. The van der Waals surface area contributed by atoms with E-state index in [1.807, 2.05) is 30.3 Å². The predicted molar refractivity (Wildman–Crippen MR) is 115 cm³/mol. The van der Waals surface area contributed by atoms with Crippen LogP contribution in [0.2, 0.25) is 5.02 Å². The van der Waals surface area contributed by atoms with Crippen molar-refractivity contribution in [3.05, 3.63) is 83.4 Å². The number of aromatic carboxylic acids is 1. The first-order chi connectivity index (χ1) is 14.0. The highest BCUT2D eigenvalue weighted by atomic mass is 35.5. The van der Waals surface area contributed by atoms with E-state index in [1.54, 1.807) is 36.4 Å². The van der Waals surface area contributed by atoms with E-state index in [2.05, 4.69) is 4.72 Å². The van der Waals surface area contributed by atoms with Crippen LogP contribution in [-0.4, -0.2) is 15.3 Å². The van der Waals surface area contributed by atoms with Gasteiger partial charge < -0.3 is 9.52 Å². The number of rotatable bonds is 6. The summed E-state index contributed by atoms with van der Waals surface area (Å²) in [4.78, 5) is 12.7. The van der Waals surface area contributed by atoms with Crippen LogP contribution in [0.1, 0.15) is 10.4 Å². The van der Waals surface area contributed by atoms with Gasteiger partial charge >= 0.3 is 5.97 Å². The summed E-state index contributed by atoms with van der Waals surface area (Å²) in [7, 11) is -1.64. The summed E-state index contributed by atoms with van der Waals surface area (Å²) in [5, 5.41) is 10.8. The normalized spacial score (nSPS) is 12.0. The van der Waals surface area contributed by atoms with E-state index in [9.17, 15) is 14.1 Å². The molecule has 4 aromatic rings. The monoisotopic (exact) mass is 443 g/mol. The largest absolute Gasteiger partial charge is 0.478 e. The highest BCUT2D eigenvalue weighted by molar-refractivity contribution is 7.99. The minimum atomic E-state index is -1.64. The van der Waals surface area contributed by atoms with Gasteiger partial charge in [0.25, 0.3) is 0 Å². The molecule has 8 heteroatoms. The molecular weight excluding hydrogens is 430 g/mol. The Morgan fingerprint density at radius 1 is 1.03 bits per heavy atom. The van der Waals surface area contributed by atoms with Gasteiger partial charge in [-0.25, -0.2) is 9.00 Å². The van der Waals surface area contributed by atoms with Crippen molar-refractivity contribution in [2.24, 2.45) is 0 Å². The number of carboxylic acid groups (broad SMARTS) is 1. The molecule has 29 heavy (non-hydrogen) atoms. The summed E-state index contributed by atoms with van der Waals surface area (Å²) in [5.74, 6) is -0.993. The van der Waals surface area contributed by atoms with Gasteiger partial charge in [0.15, 0.2) is 11.0 Å². The number of para-hydroxylation sites is 1.